The number of carbonyl (C=O) groups is 1. The number of aryl methyl sites for hydroxylation is 1. The Morgan fingerprint density at radius 2 is 1.80 bits per heavy atom. The zero-order valence-electron chi connectivity index (χ0n) is 11.5. The third-order valence-electron chi connectivity index (χ3n) is 3.19. The molecule has 6 heteroatoms. The number of aromatic nitrogens is 1. The molecule has 0 unspecified atom stereocenters. The Hall–Kier alpha value is -2.50. The fourth-order valence-electron chi connectivity index (χ4n) is 2.15. The highest BCUT2D eigenvalue weighted by atomic mass is 16.5. The molecule has 0 bridgehead atoms. The van der Waals surface area contributed by atoms with E-state index in [-0.39, 0.29) is 11.8 Å². The highest BCUT2D eigenvalue weighted by molar-refractivity contribution is 5.84. The summed E-state index contributed by atoms with van der Waals surface area (Å²) in [5.41, 5.74) is 0.795. The lowest BCUT2D eigenvalue weighted by Crippen LogP contribution is -2.15. The van der Waals surface area contributed by atoms with Crippen LogP contribution in [-0.2, 0) is 18.3 Å². The number of aliphatic carboxylic acids is 1. The van der Waals surface area contributed by atoms with E-state index in [9.17, 15) is 9.59 Å². The quantitative estimate of drug-likeness (QED) is 0.908. The Kier molecular flexibility index (Phi) is 3.65. The minimum absolute atomic E-state index is 0.212. The van der Waals surface area contributed by atoms with E-state index in [2.05, 4.69) is 0 Å². The van der Waals surface area contributed by atoms with E-state index >= 15 is 0 Å². The number of hydrogen-bond acceptors (Lipinski definition) is 4. The van der Waals surface area contributed by atoms with Gasteiger partial charge in [-0.2, -0.15) is 0 Å². The first-order valence-electron chi connectivity index (χ1n) is 5.94. The van der Waals surface area contributed by atoms with Crippen molar-refractivity contribution in [2.75, 3.05) is 14.2 Å². The highest BCUT2D eigenvalue weighted by Crippen LogP contribution is 2.30. The number of carboxylic acid groups (broad SMARTS) is 1. The number of ether oxygens (including phenoxy) is 2. The second kappa shape index (κ2) is 5.24. The van der Waals surface area contributed by atoms with Crippen LogP contribution in [0.25, 0.3) is 10.9 Å². The number of fused-ring (bicyclic) bond motifs is 1. The molecule has 1 aromatic carbocycles. The number of rotatable bonds is 4. The average molecular weight is 277 g/mol. The lowest BCUT2D eigenvalue weighted by atomic mass is 10.1. The molecule has 0 amide bonds. The lowest BCUT2D eigenvalue weighted by Gasteiger charge is -2.14. The maximum atomic E-state index is 12.1. The predicted molar refractivity (Wildman–Crippen MR) is 73.6 cm³/mol. The summed E-state index contributed by atoms with van der Waals surface area (Å²) in [6.07, 6.45) is -0.212. The molecule has 0 saturated carbocycles. The number of carboxylic acids is 1. The van der Waals surface area contributed by atoms with Gasteiger partial charge in [0.1, 0.15) is 0 Å². The van der Waals surface area contributed by atoms with Gasteiger partial charge < -0.3 is 19.1 Å². The number of hydrogen-bond donors (Lipinski definition) is 1. The minimum atomic E-state index is -0.986. The number of benzene rings is 1. The van der Waals surface area contributed by atoms with Crippen LogP contribution in [0, 0.1) is 0 Å². The van der Waals surface area contributed by atoms with Crippen LogP contribution in [0.3, 0.4) is 0 Å². The fraction of sp³-hybridized carbons (Fsp3) is 0.286. The van der Waals surface area contributed by atoms with Crippen LogP contribution in [0.15, 0.2) is 23.0 Å². The van der Waals surface area contributed by atoms with Gasteiger partial charge in [-0.3, -0.25) is 9.59 Å². The van der Waals surface area contributed by atoms with E-state index in [4.69, 9.17) is 14.6 Å². The van der Waals surface area contributed by atoms with Crippen molar-refractivity contribution >= 4 is 16.9 Å². The molecule has 0 aliphatic heterocycles. The summed E-state index contributed by atoms with van der Waals surface area (Å²) in [6.45, 7) is 0. The summed E-state index contributed by atoms with van der Waals surface area (Å²) in [6, 6.07) is 4.60. The van der Waals surface area contributed by atoms with Gasteiger partial charge in [0.2, 0.25) is 0 Å². The largest absolute Gasteiger partial charge is 0.493 e. The molecule has 0 spiro atoms. The summed E-state index contributed by atoms with van der Waals surface area (Å²) >= 11 is 0. The SMILES string of the molecule is COc1cc2c(=O)cc(CC(=O)O)n(C)c2cc1OC. The molecule has 0 aliphatic carbocycles. The normalized spacial score (nSPS) is 10.6. The Bertz CT molecular complexity index is 732. The van der Waals surface area contributed by atoms with E-state index in [0.29, 0.717) is 28.1 Å². The van der Waals surface area contributed by atoms with Crippen molar-refractivity contribution in [3.05, 3.63) is 34.1 Å². The van der Waals surface area contributed by atoms with Gasteiger partial charge in [0.15, 0.2) is 16.9 Å². The van der Waals surface area contributed by atoms with Crippen LogP contribution in [0.5, 0.6) is 11.5 Å². The van der Waals surface area contributed by atoms with E-state index in [0.717, 1.165) is 0 Å². The number of pyridine rings is 1. The predicted octanol–water partition coefficient (Wildman–Crippen LogP) is 1.18. The van der Waals surface area contributed by atoms with Crippen molar-refractivity contribution in [3.8, 4) is 11.5 Å². The maximum Gasteiger partial charge on any atom is 0.309 e. The molecule has 1 N–H and O–H groups in total. The van der Waals surface area contributed by atoms with Crippen molar-refractivity contribution in [1.29, 1.82) is 0 Å². The van der Waals surface area contributed by atoms with Gasteiger partial charge in [0, 0.05) is 30.3 Å². The molecule has 1 aromatic heterocycles. The smallest absolute Gasteiger partial charge is 0.309 e. The van der Waals surface area contributed by atoms with Crippen molar-refractivity contribution in [2.45, 2.75) is 6.42 Å². The van der Waals surface area contributed by atoms with Crippen molar-refractivity contribution in [3.63, 3.8) is 0 Å². The molecule has 106 valence electrons. The summed E-state index contributed by atoms with van der Waals surface area (Å²) < 4.78 is 12.0. The Morgan fingerprint density at radius 3 is 2.35 bits per heavy atom. The van der Waals surface area contributed by atoms with Crippen LogP contribution in [0.4, 0.5) is 0 Å². The molecule has 2 aromatic rings. The molecular weight excluding hydrogens is 262 g/mol. The summed E-state index contributed by atoms with van der Waals surface area (Å²) in [5, 5.41) is 9.33. The van der Waals surface area contributed by atoms with Crippen molar-refractivity contribution < 1.29 is 19.4 Å². The molecular formula is C14H15NO5. The third-order valence-corrected chi connectivity index (χ3v) is 3.19. The summed E-state index contributed by atoms with van der Waals surface area (Å²) in [5.74, 6) is -0.0367. The first-order valence-corrected chi connectivity index (χ1v) is 5.94. The minimum Gasteiger partial charge on any atom is -0.493 e. The van der Waals surface area contributed by atoms with Gasteiger partial charge in [0.25, 0.3) is 0 Å². The summed E-state index contributed by atoms with van der Waals surface area (Å²) in [4.78, 5) is 22.9. The lowest BCUT2D eigenvalue weighted by molar-refractivity contribution is -0.136. The van der Waals surface area contributed by atoms with E-state index in [1.165, 1.54) is 20.3 Å². The maximum absolute atomic E-state index is 12.1. The number of methoxy groups -OCH3 is 2. The van der Waals surface area contributed by atoms with Crippen molar-refractivity contribution in [1.82, 2.24) is 4.57 Å². The standard InChI is InChI=1S/C14H15NO5/c1-15-8(5-14(17)18)4-11(16)9-6-12(19-2)13(20-3)7-10(9)15/h4,6-7H,5H2,1-3H3,(H,17,18). The Morgan fingerprint density at radius 1 is 1.20 bits per heavy atom. The second-order valence-corrected chi connectivity index (χ2v) is 4.35. The molecule has 0 aliphatic rings. The summed E-state index contributed by atoms with van der Waals surface area (Å²) in [7, 11) is 4.71. The molecule has 0 saturated heterocycles. The second-order valence-electron chi connectivity index (χ2n) is 4.35. The van der Waals surface area contributed by atoms with E-state index < -0.39 is 5.97 Å². The molecule has 0 radical (unpaired) electrons. The molecule has 1 heterocycles. The topological polar surface area (TPSA) is 77.8 Å². The van der Waals surface area contributed by atoms with Gasteiger partial charge in [-0.25, -0.2) is 0 Å². The Labute approximate surface area is 115 Å². The first-order chi connectivity index (χ1) is 9.47. The van der Waals surface area contributed by atoms with E-state index in [1.54, 1.807) is 23.7 Å². The van der Waals surface area contributed by atoms with Gasteiger partial charge in [-0.05, 0) is 6.07 Å². The average Bonchev–Trinajstić information content (AvgIpc) is 2.42. The van der Waals surface area contributed by atoms with Gasteiger partial charge in [-0.1, -0.05) is 0 Å². The zero-order chi connectivity index (χ0) is 14.9. The monoisotopic (exact) mass is 277 g/mol. The van der Waals surface area contributed by atoms with Crippen LogP contribution in [-0.4, -0.2) is 29.9 Å². The fourth-order valence-corrected chi connectivity index (χ4v) is 2.15. The molecule has 0 fully saturated rings. The van der Waals surface area contributed by atoms with Gasteiger partial charge in [-0.15, -0.1) is 0 Å². The molecule has 2 rings (SSSR count). The van der Waals surface area contributed by atoms with E-state index in [1.807, 2.05) is 0 Å². The zero-order valence-corrected chi connectivity index (χ0v) is 11.5. The van der Waals surface area contributed by atoms with Gasteiger partial charge >= 0.3 is 5.97 Å². The van der Waals surface area contributed by atoms with Crippen molar-refractivity contribution in [2.24, 2.45) is 7.05 Å². The highest BCUT2D eigenvalue weighted by Gasteiger charge is 2.13. The molecule has 6 nitrogen and oxygen atoms in total. The molecule has 20 heavy (non-hydrogen) atoms. The van der Waals surface area contributed by atoms with Gasteiger partial charge in [0.05, 0.1) is 26.2 Å². The first kappa shape index (κ1) is 13.9. The Balaban J connectivity index is 2.79. The number of nitrogens with zero attached hydrogens (tertiary/aromatic N) is 1. The van der Waals surface area contributed by atoms with Crippen LogP contribution < -0.4 is 14.9 Å². The molecule has 0 atom stereocenters. The van der Waals surface area contributed by atoms with Crippen LogP contribution in [0.2, 0.25) is 0 Å². The third kappa shape index (κ3) is 2.32. The van der Waals surface area contributed by atoms with Crippen LogP contribution >= 0.6 is 0 Å². The van der Waals surface area contributed by atoms with Crippen LogP contribution in [0.1, 0.15) is 5.69 Å².